The Hall–Kier alpha value is -2.35. The van der Waals surface area contributed by atoms with Crippen LogP contribution in [0.15, 0.2) is 24.3 Å². The number of anilines is 1. The van der Waals surface area contributed by atoms with Crippen molar-refractivity contribution < 1.29 is 9.59 Å². The summed E-state index contributed by atoms with van der Waals surface area (Å²) in [6, 6.07) is 8.96. The van der Waals surface area contributed by atoms with Gasteiger partial charge in [-0.05, 0) is 37.0 Å². The molecule has 0 saturated carbocycles. The highest BCUT2D eigenvalue weighted by Gasteiger charge is 2.27. The van der Waals surface area contributed by atoms with E-state index in [-0.39, 0.29) is 17.7 Å². The molecule has 122 valence electrons. The van der Waals surface area contributed by atoms with Crippen LogP contribution in [-0.2, 0) is 9.59 Å². The Labute approximate surface area is 137 Å². The van der Waals surface area contributed by atoms with E-state index in [0.29, 0.717) is 49.5 Å². The fourth-order valence-corrected chi connectivity index (χ4v) is 2.78. The van der Waals surface area contributed by atoms with Gasteiger partial charge in [0.1, 0.15) is 0 Å². The van der Waals surface area contributed by atoms with Crippen molar-refractivity contribution in [1.29, 1.82) is 5.26 Å². The molecule has 0 aromatic heterocycles. The predicted octanol–water partition coefficient (Wildman–Crippen LogP) is 2.78. The summed E-state index contributed by atoms with van der Waals surface area (Å²) in [5.41, 5.74) is 1.17. The highest BCUT2D eigenvalue weighted by atomic mass is 16.2. The molecule has 1 aromatic carbocycles. The summed E-state index contributed by atoms with van der Waals surface area (Å²) in [6.07, 6.45) is 1.94. The molecule has 2 rings (SSSR count). The summed E-state index contributed by atoms with van der Waals surface area (Å²) in [7, 11) is 0. The zero-order valence-corrected chi connectivity index (χ0v) is 13.7. The zero-order valence-electron chi connectivity index (χ0n) is 13.7. The molecule has 1 aromatic rings. The number of nitrogens with zero attached hydrogens (tertiary/aromatic N) is 2. The molecule has 0 unspecified atom stereocenters. The van der Waals surface area contributed by atoms with E-state index >= 15 is 0 Å². The molecule has 1 saturated heterocycles. The smallest absolute Gasteiger partial charge is 0.227 e. The van der Waals surface area contributed by atoms with Crippen molar-refractivity contribution in [2.24, 2.45) is 11.8 Å². The number of amides is 2. The van der Waals surface area contributed by atoms with Crippen molar-refractivity contribution in [3.05, 3.63) is 29.8 Å². The Morgan fingerprint density at radius 1 is 1.35 bits per heavy atom. The molecular formula is C18H23N3O2. The van der Waals surface area contributed by atoms with Crippen LogP contribution in [0.4, 0.5) is 5.69 Å². The second-order valence-corrected chi connectivity index (χ2v) is 6.43. The molecule has 0 bridgehead atoms. The summed E-state index contributed by atoms with van der Waals surface area (Å²) in [5.74, 6) is 0.427. The van der Waals surface area contributed by atoms with Crippen LogP contribution in [0, 0.1) is 23.2 Å². The molecule has 5 nitrogen and oxygen atoms in total. The SMILES string of the molecule is CC(C)CC(=O)N1CCC(C(=O)Nc2cccc(C#N)c2)CC1. The van der Waals surface area contributed by atoms with Crippen molar-refractivity contribution in [1.82, 2.24) is 4.90 Å². The van der Waals surface area contributed by atoms with Gasteiger partial charge in [0.05, 0.1) is 11.6 Å². The zero-order chi connectivity index (χ0) is 16.8. The molecule has 1 aliphatic heterocycles. The van der Waals surface area contributed by atoms with Gasteiger partial charge in [-0.25, -0.2) is 0 Å². The standard InChI is InChI=1S/C18H23N3O2/c1-13(2)10-17(22)21-8-6-15(7-9-21)18(23)20-16-5-3-4-14(11-16)12-19/h3-5,11,13,15H,6-10H2,1-2H3,(H,20,23). The van der Waals surface area contributed by atoms with Gasteiger partial charge in [-0.3, -0.25) is 9.59 Å². The molecule has 1 N–H and O–H groups in total. The van der Waals surface area contributed by atoms with Gasteiger partial charge in [-0.1, -0.05) is 19.9 Å². The van der Waals surface area contributed by atoms with E-state index in [9.17, 15) is 9.59 Å². The van der Waals surface area contributed by atoms with Gasteiger partial charge in [0, 0.05) is 31.1 Å². The number of hydrogen-bond donors (Lipinski definition) is 1. The van der Waals surface area contributed by atoms with Crippen molar-refractivity contribution in [2.45, 2.75) is 33.1 Å². The first-order valence-electron chi connectivity index (χ1n) is 8.08. The first kappa shape index (κ1) is 17.0. The van der Waals surface area contributed by atoms with Crippen LogP contribution in [0.3, 0.4) is 0 Å². The highest BCUT2D eigenvalue weighted by molar-refractivity contribution is 5.93. The average molecular weight is 313 g/mol. The number of likely N-dealkylation sites (tertiary alicyclic amines) is 1. The summed E-state index contributed by atoms with van der Waals surface area (Å²) in [6.45, 7) is 5.35. The summed E-state index contributed by atoms with van der Waals surface area (Å²) >= 11 is 0. The molecule has 0 aliphatic carbocycles. The van der Waals surface area contributed by atoms with Gasteiger partial charge in [0.15, 0.2) is 0 Å². The van der Waals surface area contributed by atoms with E-state index in [0.717, 1.165) is 0 Å². The minimum atomic E-state index is -0.0798. The van der Waals surface area contributed by atoms with Crippen molar-refractivity contribution in [2.75, 3.05) is 18.4 Å². The summed E-state index contributed by atoms with van der Waals surface area (Å²) in [5, 5.41) is 11.8. The molecule has 23 heavy (non-hydrogen) atoms. The van der Waals surface area contributed by atoms with Crippen LogP contribution in [0.25, 0.3) is 0 Å². The summed E-state index contributed by atoms with van der Waals surface area (Å²) in [4.78, 5) is 26.2. The van der Waals surface area contributed by atoms with Crippen LogP contribution in [0.5, 0.6) is 0 Å². The average Bonchev–Trinajstić information content (AvgIpc) is 2.54. The molecule has 2 amide bonds. The Kier molecular flexibility index (Phi) is 5.75. The van der Waals surface area contributed by atoms with E-state index in [1.54, 1.807) is 24.3 Å². The second kappa shape index (κ2) is 7.77. The number of benzene rings is 1. The van der Waals surface area contributed by atoms with Crippen molar-refractivity contribution in [3.63, 3.8) is 0 Å². The third kappa shape index (κ3) is 4.82. The van der Waals surface area contributed by atoms with Crippen molar-refractivity contribution in [3.8, 4) is 6.07 Å². The number of rotatable bonds is 4. The molecule has 0 radical (unpaired) electrons. The largest absolute Gasteiger partial charge is 0.343 e. The number of carbonyl (C=O) groups excluding carboxylic acids is 2. The maximum Gasteiger partial charge on any atom is 0.227 e. The molecule has 0 spiro atoms. The second-order valence-electron chi connectivity index (χ2n) is 6.43. The van der Waals surface area contributed by atoms with E-state index in [2.05, 4.69) is 11.4 Å². The number of nitriles is 1. The monoisotopic (exact) mass is 313 g/mol. The number of hydrogen-bond acceptors (Lipinski definition) is 3. The first-order valence-corrected chi connectivity index (χ1v) is 8.08. The quantitative estimate of drug-likeness (QED) is 0.929. The third-order valence-corrected chi connectivity index (χ3v) is 4.06. The van der Waals surface area contributed by atoms with E-state index in [1.807, 2.05) is 18.7 Å². The highest BCUT2D eigenvalue weighted by Crippen LogP contribution is 2.21. The van der Waals surface area contributed by atoms with Gasteiger partial charge in [0.2, 0.25) is 11.8 Å². The minimum Gasteiger partial charge on any atom is -0.343 e. The topological polar surface area (TPSA) is 73.2 Å². The first-order chi connectivity index (χ1) is 11.0. The molecule has 5 heteroatoms. The molecular weight excluding hydrogens is 290 g/mol. The number of nitrogens with one attached hydrogen (secondary N) is 1. The Morgan fingerprint density at radius 2 is 2.04 bits per heavy atom. The Bertz CT molecular complexity index is 611. The lowest BCUT2D eigenvalue weighted by Gasteiger charge is -2.31. The molecule has 1 fully saturated rings. The molecule has 1 aliphatic rings. The maximum atomic E-state index is 12.3. The lowest BCUT2D eigenvalue weighted by Crippen LogP contribution is -2.41. The maximum absolute atomic E-state index is 12.3. The Morgan fingerprint density at radius 3 is 2.65 bits per heavy atom. The van der Waals surface area contributed by atoms with Gasteiger partial charge in [-0.2, -0.15) is 5.26 Å². The van der Waals surface area contributed by atoms with Crippen molar-refractivity contribution >= 4 is 17.5 Å². The Balaban J connectivity index is 1.86. The van der Waals surface area contributed by atoms with E-state index in [4.69, 9.17) is 5.26 Å². The minimum absolute atomic E-state index is 0.0314. The van der Waals surface area contributed by atoms with Gasteiger partial charge in [0.25, 0.3) is 0 Å². The van der Waals surface area contributed by atoms with Crippen LogP contribution in [-0.4, -0.2) is 29.8 Å². The number of carbonyl (C=O) groups is 2. The molecule has 1 heterocycles. The lowest BCUT2D eigenvalue weighted by atomic mass is 9.95. The van der Waals surface area contributed by atoms with E-state index in [1.165, 1.54) is 0 Å². The third-order valence-electron chi connectivity index (χ3n) is 4.06. The normalized spacial score (nSPS) is 15.3. The van der Waals surface area contributed by atoms with Crippen LogP contribution in [0.2, 0.25) is 0 Å². The summed E-state index contributed by atoms with van der Waals surface area (Å²) < 4.78 is 0. The fraction of sp³-hybridized carbons (Fsp3) is 0.500. The van der Waals surface area contributed by atoms with Crippen LogP contribution >= 0.6 is 0 Å². The van der Waals surface area contributed by atoms with Crippen LogP contribution < -0.4 is 5.32 Å². The van der Waals surface area contributed by atoms with E-state index < -0.39 is 0 Å². The number of piperidine rings is 1. The molecule has 0 atom stereocenters. The van der Waals surface area contributed by atoms with Gasteiger partial charge < -0.3 is 10.2 Å². The lowest BCUT2D eigenvalue weighted by molar-refractivity contribution is -0.135. The van der Waals surface area contributed by atoms with Gasteiger partial charge in [-0.15, -0.1) is 0 Å². The predicted molar refractivity (Wildman–Crippen MR) is 88.5 cm³/mol. The fourth-order valence-electron chi connectivity index (χ4n) is 2.78. The van der Waals surface area contributed by atoms with Crippen LogP contribution in [0.1, 0.15) is 38.7 Å². The van der Waals surface area contributed by atoms with Gasteiger partial charge >= 0.3 is 0 Å².